The molecular formula is C13H18FNO4S. The number of hydrogen-bond acceptors (Lipinski definition) is 3. The number of carbonyl (C=O) groups is 1. The van der Waals surface area contributed by atoms with Gasteiger partial charge in [0.05, 0.1) is 11.3 Å². The van der Waals surface area contributed by atoms with E-state index in [9.17, 15) is 17.7 Å². The van der Waals surface area contributed by atoms with Crippen molar-refractivity contribution >= 4 is 16.0 Å². The monoisotopic (exact) mass is 303 g/mol. The second-order valence-corrected chi connectivity index (χ2v) is 6.40. The van der Waals surface area contributed by atoms with Crippen LogP contribution >= 0.6 is 0 Å². The molecule has 1 aromatic carbocycles. The van der Waals surface area contributed by atoms with Crippen molar-refractivity contribution in [3.63, 3.8) is 0 Å². The molecule has 0 amide bonds. The summed E-state index contributed by atoms with van der Waals surface area (Å²) in [5.41, 5.74) is 0.681. The SMILES string of the molecule is CCCCS(=O)(=O)N(F)CCc1cccc(C(=O)O)c1. The molecule has 0 aliphatic rings. The zero-order chi connectivity index (χ0) is 15.2. The lowest BCUT2D eigenvalue weighted by molar-refractivity contribution is 0.0696. The highest BCUT2D eigenvalue weighted by Gasteiger charge is 2.20. The molecule has 7 heteroatoms. The van der Waals surface area contributed by atoms with Gasteiger partial charge in [-0.2, -0.15) is 0 Å². The summed E-state index contributed by atoms with van der Waals surface area (Å²) in [7, 11) is -3.87. The largest absolute Gasteiger partial charge is 0.478 e. The van der Waals surface area contributed by atoms with Crippen LogP contribution in [0, 0.1) is 0 Å². The van der Waals surface area contributed by atoms with Crippen LogP contribution < -0.4 is 0 Å². The molecule has 0 heterocycles. The van der Waals surface area contributed by atoms with Crippen molar-refractivity contribution in [3.05, 3.63) is 35.4 Å². The van der Waals surface area contributed by atoms with Gasteiger partial charge >= 0.3 is 5.97 Å². The minimum Gasteiger partial charge on any atom is -0.478 e. The van der Waals surface area contributed by atoms with Gasteiger partial charge in [-0.15, -0.1) is 4.48 Å². The summed E-state index contributed by atoms with van der Waals surface area (Å²) >= 11 is 0. The Morgan fingerprint density at radius 3 is 2.70 bits per heavy atom. The first-order chi connectivity index (χ1) is 9.36. The molecule has 0 atom stereocenters. The van der Waals surface area contributed by atoms with E-state index in [-0.39, 0.29) is 28.8 Å². The smallest absolute Gasteiger partial charge is 0.335 e. The van der Waals surface area contributed by atoms with Gasteiger partial charge in [0.25, 0.3) is 0 Å². The number of aromatic carboxylic acids is 1. The fraction of sp³-hybridized carbons (Fsp3) is 0.462. The zero-order valence-corrected chi connectivity index (χ0v) is 12.1. The van der Waals surface area contributed by atoms with Crippen molar-refractivity contribution in [1.29, 1.82) is 0 Å². The standard InChI is InChI=1S/C13H18FNO4S/c1-2-3-9-20(18,19)15(14)8-7-11-5-4-6-12(10-11)13(16)17/h4-6,10H,2-3,7-9H2,1H3,(H,16,17). The zero-order valence-electron chi connectivity index (χ0n) is 11.3. The summed E-state index contributed by atoms with van der Waals surface area (Å²) in [4.78, 5) is 10.8. The van der Waals surface area contributed by atoms with Crippen LogP contribution in [0.3, 0.4) is 0 Å². The van der Waals surface area contributed by atoms with Crippen molar-refractivity contribution in [2.24, 2.45) is 0 Å². The van der Waals surface area contributed by atoms with E-state index in [2.05, 4.69) is 0 Å². The third-order valence-electron chi connectivity index (χ3n) is 2.81. The van der Waals surface area contributed by atoms with Gasteiger partial charge in [-0.3, -0.25) is 0 Å². The number of sulfonamides is 1. The summed E-state index contributed by atoms with van der Waals surface area (Å²) in [6.07, 6.45) is 1.22. The molecule has 0 fully saturated rings. The van der Waals surface area contributed by atoms with Gasteiger partial charge in [-0.05, 0) is 35.1 Å². The number of rotatable bonds is 8. The van der Waals surface area contributed by atoms with Gasteiger partial charge < -0.3 is 5.11 Å². The fourth-order valence-corrected chi connectivity index (χ4v) is 2.86. The quantitative estimate of drug-likeness (QED) is 0.747. The van der Waals surface area contributed by atoms with E-state index in [4.69, 9.17) is 5.11 Å². The first-order valence-electron chi connectivity index (χ1n) is 6.35. The van der Waals surface area contributed by atoms with Crippen molar-refractivity contribution in [3.8, 4) is 0 Å². The lowest BCUT2D eigenvalue weighted by Gasteiger charge is -2.12. The Morgan fingerprint density at radius 1 is 1.40 bits per heavy atom. The molecule has 0 radical (unpaired) electrons. The summed E-state index contributed by atoms with van der Waals surface area (Å²) in [6.45, 7) is 1.52. The van der Waals surface area contributed by atoms with Crippen LogP contribution in [0.1, 0.15) is 35.7 Å². The maximum Gasteiger partial charge on any atom is 0.335 e. The molecule has 0 spiro atoms. The number of carboxylic acid groups (broad SMARTS) is 1. The number of nitrogens with zero attached hydrogens (tertiary/aromatic N) is 1. The number of carboxylic acids is 1. The first-order valence-corrected chi connectivity index (χ1v) is 7.96. The molecule has 1 aromatic rings. The first kappa shape index (κ1) is 16.6. The topological polar surface area (TPSA) is 74.7 Å². The van der Waals surface area contributed by atoms with Crippen LogP contribution in [0.4, 0.5) is 4.48 Å². The lowest BCUT2D eigenvalue weighted by atomic mass is 10.1. The molecule has 0 unspecified atom stereocenters. The summed E-state index contributed by atoms with van der Waals surface area (Å²) in [5.74, 6) is -1.28. The molecule has 0 bridgehead atoms. The third-order valence-corrected chi connectivity index (χ3v) is 4.40. The van der Waals surface area contributed by atoms with Crippen molar-refractivity contribution in [2.75, 3.05) is 12.3 Å². The summed E-state index contributed by atoms with van der Waals surface area (Å²) in [5, 5.41) is 8.83. The number of unbranched alkanes of at least 4 members (excludes halogenated alkanes) is 1. The average molecular weight is 303 g/mol. The molecular weight excluding hydrogens is 285 g/mol. The normalized spacial score (nSPS) is 11.8. The van der Waals surface area contributed by atoms with Gasteiger partial charge in [-0.25, -0.2) is 13.2 Å². The van der Waals surface area contributed by atoms with Gasteiger partial charge in [0, 0.05) is 6.54 Å². The Balaban J connectivity index is 2.63. The molecule has 0 saturated carbocycles. The van der Waals surface area contributed by atoms with E-state index in [0.29, 0.717) is 18.4 Å². The molecule has 0 aliphatic carbocycles. The Hall–Kier alpha value is -1.47. The fourth-order valence-electron chi connectivity index (χ4n) is 1.64. The van der Waals surface area contributed by atoms with E-state index in [1.807, 2.05) is 6.92 Å². The molecule has 0 aromatic heterocycles. The molecule has 0 saturated heterocycles. The molecule has 1 rings (SSSR count). The summed E-state index contributed by atoms with van der Waals surface area (Å²) < 4.78 is 36.5. The Kier molecular flexibility index (Phi) is 6.09. The van der Waals surface area contributed by atoms with Crippen molar-refractivity contribution in [2.45, 2.75) is 26.2 Å². The van der Waals surface area contributed by atoms with E-state index in [0.717, 1.165) is 0 Å². The molecule has 5 nitrogen and oxygen atoms in total. The third kappa shape index (κ3) is 4.90. The van der Waals surface area contributed by atoms with Crippen LogP contribution in [0.2, 0.25) is 0 Å². The predicted molar refractivity (Wildman–Crippen MR) is 73.6 cm³/mol. The second kappa shape index (κ2) is 7.35. The molecule has 0 aliphatic heterocycles. The van der Waals surface area contributed by atoms with Gasteiger partial charge in [-0.1, -0.05) is 25.5 Å². The van der Waals surface area contributed by atoms with E-state index < -0.39 is 16.0 Å². The molecule has 1 N–H and O–H groups in total. The Morgan fingerprint density at radius 2 is 2.10 bits per heavy atom. The highest BCUT2D eigenvalue weighted by molar-refractivity contribution is 7.88. The maximum atomic E-state index is 13.6. The highest BCUT2D eigenvalue weighted by Crippen LogP contribution is 2.10. The van der Waals surface area contributed by atoms with E-state index in [1.165, 1.54) is 12.1 Å². The maximum absolute atomic E-state index is 13.6. The second-order valence-electron chi connectivity index (χ2n) is 4.44. The number of benzene rings is 1. The average Bonchev–Trinajstić information content (AvgIpc) is 2.42. The lowest BCUT2D eigenvalue weighted by Crippen LogP contribution is -2.27. The van der Waals surface area contributed by atoms with Crippen LogP contribution in [-0.4, -0.2) is 36.3 Å². The minimum atomic E-state index is -3.87. The molecule has 112 valence electrons. The summed E-state index contributed by atoms with van der Waals surface area (Å²) in [6, 6.07) is 6.03. The van der Waals surface area contributed by atoms with E-state index in [1.54, 1.807) is 12.1 Å². The van der Waals surface area contributed by atoms with Gasteiger partial charge in [0.1, 0.15) is 0 Å². The number of halogens is 1. The van der Waals surface area contributed by atoms with Crippen molar-refractivity contribution < 1.29 is 22.8 Å². The van der Waals surface area contributed by atoms with Gasteiger partial charge in [0.2, 0.25) is 10.0 Å². The molecule has 20 heavy (non-hydrogen) atoms. The van der Waals surface area contributed by atoms with E-state index >= 15 is 0 Å². The highest BCUT2D eigenvalue weighted by atomic mass is 32.2. The van der Waals surface area contributed by atoms with Crippen LogP contribution in [0.15, 0.2) is 24.3 Å². The van der Waals surface area contributed by atoms with Crippen LogP contribution in [0.25, 0.3) is 0 Å². The van der Waals surface area contributed by atoms with Crippen molar-refractivity contribution in [1.82, 2.24) is 4.53 Å². The van der Waals surface area contributed by atoms with Gasteiger partial charge in [0.15, 0.2) is 0 Å². The van der Waals surface area contributed by atoms with Crippen LogP contribution in [-0.2, 0) is 16.4 Å². The van der Waals surface area contributed by atoms with Crippen LogP contribution in [0.5, 0.6) is 0 Å². The Bertz CT molecular complexity index is 559. The predicted octanol–water partition coefficient (Wildman–Crippen LogP) is 2.24. The number of hydrogen-bond donors (Lipinski definition) is 1. The Labute approximate surface area is 118 Å². The minimum absolute atomic E-state index is 0.0988.